The van der Waals surface area contributed by atoms with Crippen molar-refractivity contribution in [1.29, 1.82) is 0 Å². The van der Waals surface area contributed by atoms with E-state index < -0.39 is 0 Å². The van der Waals surface area contributed by atoms with E-state index in [0.29, 0.717) is 0 Å². The van der Waals surface area contributed by atoms with Gasteiger partial charge in [0.25, 0.3) is 0 Å². The van der Waals surface area contributed by atoms with Crippen LogP contribution in [0.25, 0.3) is 0 Å². The predicted octanol–water partition coefficient (Wildman–Crippen LogP) is 5.61. The molecule has 0 bridgehead atoms. The molecule has 0 amide bonds. The maximum absolute atomic E-state index is 2.54. The summed E-state index contributed by atoms with van der Waals surface area (Å²) >= 11 is 0. The maximum Gasteiger partial charge on any atom is 0.0366 e. The third-order valence-corrected chi connectivity index (χ3v) is 5.48. The quantitative estimate of drug-likeness (QED) is 0.657. The van der Waals surface area contributed by atoms with Crippen molar-refractivity contribution in [1.82, 2.24) is 0 Å². The van der Waals surface area contributed by atoms with Crippen molar-refractivity contribution in [2.24, 2.45) is 23.7 Å². The Balaban J connectivity index is 1.96. The summed E-state index contributed by atoms with van der Waals surface area (Å²) in [6, 6.07) is 10.9. The van der Waals surface area contributed by atoms with Gasteiger partial charge in [0.05, 0.1) is 0 Å². The highest BCUT2D eigenvalue weighted by atomic mass is 15.1. The molecule has 3 atom stereocenters. The third kappa shape index (κ3) is 4.25. The molecule has 0 aliphatic heterocycles. The lowest BCUT2D eigenvalue weighted by atomic mass is 9.67. The van der Waals surface area contributed by atoms with Crippen LogP contribution in [0.5, 0.6) is 0 Å². The van der Waals surface area contributed by atoms with Gasteiger partial charge in [0, 0.05) is 18.8 Å². The molecule has 0 saturated heterocycles. The predicted molar refractivity (Wildman–Crippen MR) is 93.8 cm³/mol. The summed E-state index contributed by atoms with van der Waals surface area (Å²) in [5.41, 5.74) is 1.38. The van der Waals surface area contributed by atoms with Crippen molar-refractivity contribution < 1.29 is 0 Å². The molecule has 1 fully saturated rings. The molecule has 1 nitrogen and oxygen atoms in total. The van der Waals surface area contributed by atoms with Gasteiger partial charge < -0.3 is 4.90 Å². The average Bonchev–Trinajstić information content (AvgIpc) is 2.48. The van der Waals surface area contributed by atoms with E-state index in [1.807, 2.05) is 0 Å². The maximum atomic E-state index is 2.54. The van der Waals surface area contributed by atoms with Gasteiger partial charge in [-0.25, -0.2) is 0 Å². The first-order valence-corrected chi connectivity index (χ1v) is 8.93. The van der Waals surface area contributed by atoms with Crippen molar-refractivity contribution in [2.45, 2.75) is 53.4 Å². The zero-order chi connectivity index (χ0) is 15.2. The molecule has 3 unspecified atom stereocenters. The molecule has 1 aromatic rings. The minimum absolute atomic E-state index is 0.831. The van der Waals surface area contributed by atoms with E-state index in [0.717, 1.165) is 30.2 Å². The first-order chi connectivity index (χ1) is 10.1. The van der Waals surface area contributed by atoms with E-state index in [1.165, 1.54) is 37.9 Å². The second-order valence-electron chi connectivity index (χ2n) is 7.19. The van der Waals surface area contributed by atoms with Gasteiger partial charge in [0.2, 0.25) is 0 Å². The van der Waals surface area contributed by atoms with E-state index in [9.17, 15) is 0 Å². The highest BCUT2D eigenvalue weighted by Gasteiger charge is 2.32. The van der Waals surface area contributed by atoms with Crippen LogP contribution < -0.4 is 4.90 Å². The van der Waals surface area contributed by atoms with Gasteiger partial charge >= 0.3 is 0 Å². The van der Waals surface area contributed by atoms with Crippen molar-refractivity contribution in [3.8, 4) is 0 Å². The summed E-state index contributed by atoms with van der Waals surface area (Å²) in [7, 11) is 0. The van der Waals surface area contributed by atoms with Gasteiger partial charge in [0.1, 0.15) is 0 Å². The molecule has 0 N–H and O–H groups in total. The average molecular weight is 287 g/mol. The molecule has 1 saturated carbocycles. The standard InChI is InChI=1S/C20H33N/c1-5-21(19-12-7-6-8-13-19)15-14-18-11-9-10-17(4)20(18)16(2)3/h6-8,12-13,16-18,20H,5,9-11,14-15H2,1-4H3. The molecule has 21 heavy (non-hydrogen) atoms. The van der Waals surface area contributed by atoms with Gasteiger partial charge in [0.15, 0.2) is 0 Å². The summed E-state index contributed by atoms with van der Waals surface area (Å²) < 4.78 is 0. The van der Waals surface area contributed by atoms with Crippen molar-refractivity contribution >= 4 is 5.69 Å². The van der Waals surface area contributed by atoms with Gasteiger partial charge in [-0.15, -0.1) is 0 Å². The van der Waals surface area contributed by atoms with E-state index >= 15 is 0 Å². The van der Waals surface area contributed by atoms with Crippen molar-refractivity contribution in [2.75, 3.05) is 18.0 Å². The molecular formula is C20H33N. The Bertz CT molecular complexity index is 398. The molecule has 1 aliphatic carbocycles. The molecule has 118 valence electrons. The zero-order valence-electron chi connectivity index (χ0n) is 14.4. The Kier molecular flexibility index (Phi) is 6.14. The Labute approximate surface area is 131 Å². The third-order valence-electron chi connectivity index (χ3n) is 5.48. The van der Waals surface area contributed by atoms with Crippen LogP contribution in [0.2, 0.25) is 0 Å². The monoisotopic (exact) mass is 287 g/mol. The molecule has 2 rings (SSSR count). The number of hydrogen-bond donors (Lipinski definition) is 0. The first-order valence-electron chi connectivity index (χ1n) is 8.93. The normalized spacial score (nSPS) is 26.0. The van der Waals surface area contributed by atoms with Crippen LogP contribution in [-0.4, -0.2) is 13.1 Å². The molecule has 0 radical (unpaired) electrons. The van der Waals surface area contributed by atoms with Crippen LogP contribution in [0.1, 0.15) is 53.4 Å². The topological polar surface area (TPSA) is 3.24 Å². The molecule has 1 aromatic carbocycles. The fourth-order valence-electron chi connectivity index (χ4n) is 4.52. The Morgan fingerprint density at radius 3 is 2.48 bits per heavy atom. The SMILES string of the molecule is CCN(CCC1CCCC(C)C1C(C)C)c1ccccc1. The van der Waals surface area contributed by atoms with Gasteiger partial charge in [-0.05, 0) is 49.1 Å². The molecule has 0 heterocycles. The molecule has 1 heteroatoms. The van der Waals surface area contributed by atoms with Crippen LogP contribution in [0.15, 0.2) is 30.3 Å². The lowest BCUT2D eigenvalue weighted by Gasteiger charge is -2.40. The Hall–Kier alpha value is -0.980. The van der Waals surface area contributed by atoms with Crippen molar-refractivity contribution in [3.63, 3.8) is 0 Å². The number of anilines is 1. The molecular weight excluding hydrogens is 254 g/mol. The molecule has 0 spiro atoms. The fraction of sp³-hybridized carbons (Fsp3) is 0.700. The van der Waals surface area contributed by atoms with Gasteiger partial charge in [-0.3, -0.25) is 0 Å². The Morgan fingerprint density at radius 2 is 1.86 bits per heavy atom. The number of rotatable bonds is 6. The second kappa shape index (κ2) is 7.87. The van der Waals surface area contributed by atoms with E-state index in [2.05, 4.69) is 62.9 Å². The zero-order valence-corrected chi connectivity index (χ0v) is 14.4. The van der Waals surface area contributed by atoms with Crippen LogP contribution in [0, 0.1) is 23.7 Å². The highest BCUT2D eigenvalue weighted by Crippen LogP contribution is 2.41. The van der Waals surface area contributed by atoms with E-state index in [-0.39, 0.29) is 0 Å². The van der Waals surface area contributed by atoms with Crippen LogP contribution in [0.4, 0.5) is 5.69 Å². The molecule has 1 aliphatic rings. The first kappa shape index (κ1) is 16.4. The second-order valence-corrected chi connectivity index (χ2v) is 7.19. The lowest BCUT2D eigenvalue weighted by molar-refractivity contribution is 0.111. The Morgan fingerprint density at radius 1 is 1.14 bits per heavy atom. The minimum Gasteiger partial charge on any atom is -0.372 e. The summed E-state index contributed by atoms with van der Waals surface area (Å²) in [4.78, 5) is 2.54. The smallest absolute Gasteiger partial charge is 0.0366 e. The summed E-state index contributed by atoms with van der Waals surface area (Å²) in [6.45, 7) is 11.9. The summed E-state index contributed by atoms with van der Waals surface area (Å²) in [5, 5.41) is 0. The number of benzene rings is 1. The highest BCUT2D eigenvalue weighted by molar-refractivity contribution is 5.45. The minimum atomic E-state index is 0.831. The van der Waals surface area contributed by atoms with Crippen LogP contribution in [0.3, 0.4) is 0 Å². The van der Waals surface area contributed by atoms with Gasteiger partial charge in [-0.1, -0.05) is 58.2 Å². The lowest BCUT2D eigenvalue weighted by Crippen LogP contribution is -2.34. The van der Waals surface area contributed by atoms with Crippen molar-refractivity contribution in [3.05, 3.63) is 30.3 Å². The van der Waals surface area contributed by atoms with Crippen LogP contribution in [-0.2, 0) is 0 Å². The van der Waals surface area contributed by atoms with Gasteiger partial charge in [-0.2, -0.15) is 0 Å². The van der Waals surface area contributed by atoms with Crippen LogP contribution >= 0.6 is 0 Å². The summed E-state index contributed by atoms with van der Waals surface area (Å²) in [5.74, 6) is 3.59. The number of hydrogen-bond acceptors (Lipinski definition) is 1. The molecule has 0 aromatic heterocycles. The summed E-state index contributed by atoms with van der Waals surface area (Å²) in [6.07, 6.45) is 5.68. The fourth-order valence-corrected chi connectivity index (χ4v) is 4.52. The van der Waals surface area contributed by atoms with E-state index in [1.54, 1.807) is 0 Å². The number of nitrogens with zero attached hydrogens (tertiary/aromatic N) is 1. The number of para-hydroxylation sites is 1. The largest absolute Gasteiger partial charge is 0.372 e. The van der Waals surface area contributed by atoms with E-state index in [4.69, 9.17) is 0 Å².